The molecule has 17 heavy (non-hydrogen) atoms. The lowest BCUT2D eigenvalue weighted by molar-refractivity contribution is 0.312. The van der Waals surface area contributed by atoms with Crippen molar-refractivity contribution in [1.82, 2.24) is 9.88 Å². The van der Waals surface area contributed by atoms with Crippen LogP contribution in [0.25, 0.3) is 0 Å². The van der Waals surface area contributed by atoms with Crippen LogP contribution in [-0.2, 0) is 0 Å². The van der Waals surface area contributed by atoms with Crippen molar-refractivity contribution in [1.29, 1.82) is 0 Å². The quantitative estimate of drug-likeness (QED) is 0.779. The predicted octanol–water partition coefficient (Wildman–Crippen LogP) is 2.45. The Morgan fingerprint density at radius 2 is 1.94 bits per heavy atom. The molecule has 3 heterocycles. The fourth-order valence-electron chi connectivity index (χ4n) is 3.03. The van der Waals surface area contributed by atoms with Crippen LogP contribution in [0.4, 0.5) is 5.82 Å². The summed E-state index contributed by atoms with van der Waals surface area (Å²) in [6.45, 7) is 3.56. The van der Waals surface area contributed by atoms with Crippen LogP contribution in [0.1, 0.15) is 37.4 Å². The van der Waals surface area contributed by atoms with Gasteiger partial charge in [0.25, 0.3) is 0 Å². The molecule has 0 amide bonds. The summed E-state index contributed by atoms with van der Waals surface area (Å²) in [6, 6.07) is 7.05. The third-order valence-electron chi connectivity index (χ3n) is 4.05. The van der Waals surface area contributed by atoms with Crippen LogP contribution >= 0.6 is 0 Å². The fourth-order valence-corrected chi connectivity index (χ4v) is 3.03. The predicted molar refractivity (Wildman–Crippen MR) is 70.3 cm³/mol. The van der Waals surface area contributed by atoms with Gasteiger partial charge in [0.05, 0.1) is 11.7 Å². The first-order valence-corrected chi connectivity index (χ1v) is 6.77. The van der Waals surface area contributed by atoms with E-state index in [0.29, 0.717) is 6.04 Å². The van der Waals surface area contributed by atoms with E-state index in [1.165, 1.54) is 56.8 Å². The van der Waals surface area contributed by atoms with Crippen LogP contribution in [0.3, 0.4) is 0 Å². The van der Waals surface area contributed by atoms with Gasteiger partial charge in [-0.05, 0) is 51.4 Å². The van der Waals surface area contributed by atoms with Gasteiger partial charge in [0, 0.05) is 13.1 Å². The highest BCUT2D eigenvalue weighted by Gasteiger charge is 2.24. The van der Waals surface area contributed by atoms with Gasteiger partial charge < -0.3 is 4.90 Å². The minimum atomic E-state index is 0.539. The molecule has 92 valence electrons. The van der Waals surface area contributed by atoms with Gasteiger partial charge in [-0.2, -0.15) is 0 Å². The average Bonchev–Trinajstić information content (AvgIpc) is 2.99. The number of hydrogen-bond acceptors (Lipinski definition) is 3. The summed E-state index contributed by atoms with van der Waals surface area (Å²) in [6.07, 6.45) is 5.19. The number of rotatable bonds is 2. The van der Waals surface area contributed by atoms with E-state index in [1.54, 1.807) is 0 Å². The molecule has 1 aromatic heterocycles. The molecular formula is C14H21N3. The number of pyridine rings is 1. The van der Waals surface area contributed by atoms with E-state index in [1.807, 2.05) is 0 Å². The standard InChI is InChI=1S/C14H21N3/c1-16-9-5-7-13(16)12-6-4-8-14(15-12)17-10-2-3-11-17/h4,6,8,13H,2-3,5,7,9-11H2,1H3/t13-/m0/s1. The lowest BCUT2D eigenvalue weighted by Gasteiger charge is -2.22. The maximum Gasteiger partial charge on any atom is 0.128 e. The Labute approximate surface area is 103 Å². The molecule has 0 unspecified atom stereocenters. The summed E-state index contributed by atoms with van der Waals surface area (Å²) in [5, 5.41) is 0. The third-order valence-corrected chi connectivity index (χ3v) is 4.05. The molecule has 3 nitrogen and oxygen atoms in total. The molecule has 1 atom stereocenters. The lowest BCUT2D eigenvalue weighted by atomic mass is 10.1. The zero-order valence-corrected chi connectivity index (χ0v) is 10.6. The summed E-state index contributed by atoms with van der Waals surface area (Å²) in [5.41, 5.74) is 1.26. The van der Waals surface area contributed by atoms with Crippen LogP contribution in [0.2, 0.25) is 0 Å². The van der Waals surface area contributed by atoms with Crippen molar-refractivity contribution in [3.63, 3.8) is 0 Å². The highest BCUT2D eigenvalue weighted by atomic mass is 15.2. The van der Waals surface area contributed by atoms with Gasteiger partial charge in [-0.1, -0.05) is 6.07 Å². The number of nitrogens with zero attached hydrogens (tertiary/aromatic N) is 3. The van der Waals surface area contributed by atoms with Gasteiger partial charge in [-0.25, -0.2) is 4.98 Å². The monoisotopic (exact) mass is 231 g/mol. The Morgan fingerprint density at radius 3 is 2.65 bits per heavy atom. The van der Waals surface area contributed by atoms with Gasteiger partial charge in [0.2, 0.25) is 0 Å². The van der Waals surface area contributed by atoms with Crippen molar-refractivity contribution < 1.29 is 0 Å². The Bertz CT molecular complexity index is 385. The highest BCUT2D eigenvalue weighted by molar-refractivity contribution is 5.40. The summed E-state index contributed by atoms with van der Waals surface area (Å²) < 4.78 is 0. The first-order chi connectivity index (χ1) is 8.34. The van der Waals surface area contributed by atoms with E-state index in [2.05, 4.69) is 35.0 Å². The van der Waals surface area contributed by atoms with E-state index in [-0.39, 0.29) is 0 Å². The zero-order chi connectivity index (χ0) is 11.7. The number of likely N-dealkylation sites (tertiary alicyclic amines) is 1. The van der Waals surface area contributed by atoms with Gasteiger partial charge in [0.1, 0.15) is 5.82 Å². The Morgan fingerprint density at radius 1 is 1.12 bits per heavy atom. The molecule has 0 radical (unpaired) electrons. The highest BCUT2D eigenvalue weighted by Crippen LogP contribution is 2.30. The maximum absolute atomic E-state index is 4.87. The van der Waals surface area contributed by atoms with Crippen LogP contribution in [-0.4, -0.2) is 36.6 Å². The van der Waals surface area contributed by atoms with Gasteiger partial charge in [0.15, 0.2) is 0 Å². The molecule has 0 spiro atoms. The summed E-state index contributed by atoms with van der Waals surface area (Å²) in [5.74, 6) is 1.18. The molecule has 0 N–H and O–H groups in total. The molecule has 2 fully saturated rings. The first-order valence-electron chi connectivity index (χ1n) is 6.77. The lowest BCUT2D eigenvalue weighted by Crippen LogP contribution is -2.22. The minimum absolute atomic E-state index is 0.539. The molecule has 0 aliphatic carbocycles. The molecule has 0 aromatic carbocycles. The van der Waals surface area contributed by atoms with E-state index in [4.69, 9.17) is 4.98 Å². The Balaban J connectivity index is 1.83. The molecule has 0 bridgehead atoms. The second-order valence-electron chi connectivity index (χ2n) is 5.25. The average molecular weight is 231 g/mol. The topological polar surface area (TPSA) is 19.4 Å². The summed E-state index contributed by atoms with van der Waals surface area (Å²) >= 11 is 0. The molecule has 2 aliphatic rings. The van der Waals surface area contributed by atoms with E-state index in [0.717, 1.165) is 0 Å². The third kappa shape index (κ3) is 2.16. The smallest absolute Gasteiger partial charge is 0.128 e. The second kappa shape index (κ2) is 4.65. The first kappa shape index (κ1) is 11.0. The van der Waals surface area contributed by atoms with Gasteiger partial charge in [-0.15, -0.1) is 0 Å². The Kier molecular flexibility index (Phi) is 3.02. The van der Waals surface area contributed by atoms with Crippen LogP contribution in [0.15, 0.2) is 18.2 Å². The SMILES string of the molecule is CN1CCC[C@H]1c1cccc(N2CCCC2)n1. The summed E-state index contributed by atoms with van der Waals surface area (Å²) in [4.78, 5) is 9.71. The van der Waals surface area contributed by atoms with Crippen molar-refractivity contribution in [2.24, 2.45) is 0 Å². The van der Waals surface area contributed by atoms with Crippen molar-refractivity contribution >= 4 is 5.82 Å². The number of aromatic nitrogens is 1. The molecule has 3 rings (SSSR count). The largest absolute Gasteiger partial charge is 0.357 e. The molecule has 2 aliphatic heterocycles. The zero-order valence-electron chi connectivity index (χ0n) is 10.6. The molecular weight excluding hydrogens is 210 g/mol. The van der Waals surface area contributed by atoms with Crippen LogP contribution in [0, 0.1) is 0 Å². The van der Waals surface area contributed by atoms with Crippen molar-refractivity contribution in [2.75, 3.05) is 31.6 Å². The second-order valence-corrected chi connectivity index (χ2v) is 5.25. The number of anilines is 1. The van der Waals surface area contributed by atoms with Crippen molar-refractivity contribution in [2.45, 2.75) is 31.7 Å². The van der Waals surface area contributed by atoms with Crippen LogP contribution in [0.5, 0.6) is 0 Å². The van der Waals surface area contributed by atoms with E-state index < -0.39 is 0 Å². The minimum Gasteiger partial charge on any atom is -0.357 e. The van der Waals surface area contributed by atoms with E-state index in [9.17, 15) is 0 Å². The van der Waals surface area contributed by atoms with Gasteiger partial charge >= 0.3 is 0 Å². The van der Waals surface area contributed by atoms with E-state index >= 15 is 0 Å². The normalized spacial score (nSPS) is 25.7. The van der Waals surface area contributed by atoms with Gasteiger partial charge in [-0.3, -0.25) is 4.90 Å². The molecule has 1 aromatic rings. The fraction of sp³-hybridized carbons (Fsp3) is 0.643. The molecule has 2 saturated heterocycles. The summed E-state index contributed by atoms with van der Waals surface area (Å²) in [7, 11) is 2.21. The molecule has 0 saturated carbocycles. The maximum atomic E-state index is 4.87. The number of hydrogen-bond donors (Lipinski definition) is 0. The Hall–Kier alpha value is -1.09. The van der Waals surface area contributed by atoms with Crippen molar-refractivity contribution in [3.05, 3.63) is 23.9 Å². The van der Waals surface area contributed by atoms with Crippen LogP contribution < -0.4 is 4.90 Å². The molecule has 3 heteroatoms. The van der Waals surface area contributed by atoms with Crippen molar-refractivity contribution in [3.8, 4) is 0 Å².